The Balaban J connectivity index is 2.68. The maximum atomic E-state index is 10.4. The molecular formula is C7H10BN2O2. The minimum absolute atomic E-state index is 0.627. The molecule has 0 saturated carbocycles. The Hall–Kier alpha value is -1.23. The van der Waals surface area contributed by atoms with Gasteiger partial charge in [0.1, 0.15) is 0 Å². The predicted molar refractivity (Wildman–Crippen MR) is 47.2 cm³/mol. The Morgan fingerprint density at radius 2 is 2.50 bits per heavy atom. The van der Waals surface area contributed by atoms with E-state index in [0.717, 1.165) is 12.0 Å². The normalized spacial score (nSPS) is 9.50. The number of aryl methyl sites for hydroxylation is 1. The molecule has 0 amide bonds. The first kappa shape index (κ1) is 8.87. The van der Waals surface area contributed by atoms with E-state index in [9.17, 15) is 4.79 Å². The molecule has 5 heteroatoms. The fourth-order valence-electron chi connectivity index (χ4n) is 0.905. The lowest BCUT2D eigenvalue weighted by Crippen LogP contribution is -2.06. The van der Waals surface area contributed by atoms with E-state index in [1.54, 1.807) is 23.9 Å². The first-order valence-electron chi connectivity index (χ1n) is 3.50. The molecule has 1 aromatic heterocycles. The van der Waals surface area contributed by atoms with E-state index in [4.69, 9.17) is 4.65 Å². The molecule has 0 aromatic carbocycles. The van der Waals surface area contributed by atoms with Crippen LogP contribution in [0.4, 0.5) is 5.69 Å². The molecule has 63 valence electrons. The zero-order valence-electron chi connectivity index (χ0n) is 7.07. The molecule has 1 rings (SSSR count). The molecule has 0 aliphatic rings. The Bertz CT molecular complexity index is 272. The lowest BCUT2D eigenvalue weighted by atomic mass is 10.2. The number of hydrogen-bond donors (Lipinski definition) is 1. The summed E-state index contributed by atoms with van der Waals surface area (Å²) in [4.78, 5) is 10.4. The van der Waals surface area contributed by atoms with Crippen molar-refractivity contribution in [3.8, 4) is 0 Å². The van der Waals surface area contributed by atoms with Crippen LogP contribution >= 0.6 is 0 Å². The van der Waals surface area contributed by atoms with Gasteiger partial charge in [0.2, 0.25) is 0 Å². The predicted octanol–water partition coefficient (Wildman–Crippen LogP) is 0.430. The Kier molecular flexibility index (Phi) is 2.93. The van der Waals surface area contributed by atoms with Gasteiger partial charge in [-0.3, -0.25) is 4.79 Å². The van der Waals surface area contributed by atoms with E-state index in [1.807, 2.05) is 7.05 Å². The monoisotopic (exact) mass is 165 g/mol. The zero-order chi connectivity index (χ0) is 8.97. The van der Waals surface area contributed by atoms with Gasteiger partial charge in [-0.05, 0) is 6.07 Å². The lowest BCUT2D eigenvalue weighted by Gasteiger charge is -1.96. The van der Waals surface area contributed by atoms with Crippen LogP contribution in [0.3, 0.4) is 0 Å². The molecule has 4 nitrogen and oxygen atoms in total. The van der Waals surface area contributed by atoms with E-state index in [2.05, 4.69) is 5.23 Å². The van der Waals surface area contributed by atoms with Crippen molar-refractivity contribution in [1.29, 1.82) is 0 Å². The second-order valence-electron chi connectivity index (χ2n) is 2.38. The van der Waals surface area contributed by atoms with Gasteiger partial charge in [0, 0.05) is 26.0 Å². The second-order valence-corrected chi connectivity index (χ2v) is 2.38. The maximum Gasteiger partial charge on any atom is 0.435 e. The standard InChI is InChI=1S/C7H10BN2O2/c1-10-4-6(9-8-12-2)3-7(10)5-11/h3-5,9H,1-2H3. The van der Waals surface area contributed by atoms with E-state index >= 15 is 0 Å². The Morgan fingerprint density at radius 1 is 1.75 bits per heavy atom. The van der Waals surface area contributed by atoms with E-state index in [0.29, 0.717) is 5.69 Å². The summed E-state index contributed by atoms with van der Waals surface area (Å²) in [5, 5.41) is 2.86. The quantitative estimate of drug-likeness (QED) is 0.519. The van der Waals surface area contributed by atoms with Gasteiger partial charge in [-0.1, -0.05) is 0 Å². The van der Waals surface area contributed by atoms with Crippen LogP contribution in [-0.2, 0) is 11.7 Å². The van der Waals surface area contributed by atoms with Crippen LogP contribution in [0.1, 0.15) is 10.5 Å². The van der Waals surface area contributed by atoms with Crippen LogP contribution in [0.5, 0.6) is 0 Å². The third kappa shape index (κ3) is 1.89. The molecular weight excluding hydrogens is 155 g/mol. The van der Waals surface area contributed by atoms with Crippen molar-refractivity contribution < 1.29 is 9.45 Å². The summed E-state index contributed by atoms with van der Waals surface area (Å²) in [6.45, 7) is 0. The molecule has 0 bridgehead atoms. The summed E-state index contributed by atoms with van der Waals surface area (Å²) < 4.78 is 6.43. The van der Waals surface area contributed by atoms with Gasteiger partial charge < -0.3 is 14.4 Å². The van der Waals surface area contributed by atoms with Crippen molar-refractivity contribution in [2.75, 3.05) is 12.3 Å². The molecule has 0 unspecified atom stereocenters. The highest BCUT2D eigenvalue weighted by Crippen LogP contribution is 2.09. The van der Waals surface area contributed by atoms with Crippen molar-refractivity contribution in [2.24, 2.45) is 7.05 Å². The molecule has 0 fully saturated rings. The van der Waals surface area contributed by atoms with Crippen molar-refractivity contribution >= 4 is 19.6 Å². The van der Waals surface area contributed by atoms with Crippen LogP contribution < -0.4 is 5.23 Å². The first-order chi connectivity index (χ1) is 5.77. The highest BCUT2D eigenvalue weighted by atomic mass is 16.4. The van der Waals surface area contributed by atoms with Crippen LogP contribution in [0.2, 0.25) is 0 Å². The maximum absolute atomic E-state index is 10.4. The molecule has 1 heterocycles. The summed E-state index contributed by atoms with van der Waals surface area (Å²) in [5.41, 5.74) is 1.46. The minimum Gasteiger partial charge on any atom is -0.422 e. The van der Waals surface area contributed by atoms with Crippen LogP contribution in [-0.4, -0.2) is 25.6 Å². The van der Waals surface area contributed by atoms with Crippen molar-refractivity contribution in [3.63, 3.8) is 0 Å². The number of hydrogen-bond acceptors (Lipinski definition) is 3. The molecule has 1 aromatic rings. The van der Waals surface area contributed by atoms with Crippen molar-refractivity contribution in [1.82, 2.24) is 4.57 Å². The van der Waals surface area contributed by atoms with Gasteiger partial charge in [0.05, 0.1) is 5.69 Å². The summed E-state index contributed by atoms with van der Waals surface area (Å²) >= 11 is 0. The van der Waals surface area contributed by atoms with Crippen LogP contribution in [0.15, 0.2) is 12.3 Å². The smallest absolute Gasteiger partial charge is 0.422 e. The van der Waals surface area contributed by atoms with E-state index in [1.165, 1.54) is 7.62 Å². The average Bonchev–Trinajstić information content (AvgIpc) is 2.43. The van der Waals surface area contributed by atoms with Crippen molar-refractivity contribution in [2.45, 2.75) is 0 Å². The van der Waals surface area contributed by atoms with Gasteiger partial charge in [-0.15, -0.1) is 0 Å². The van der Waals surface area contributed by atoms with Gasteiger partial charge in [-0.25, -0.2) is 0 Å². The van der Waals surface area contributed by atoms with Crippen LogP contribution in [0.25, 0.3) is 0 Å². The summed E-state index contributed by atoms with van der Waals surface area (Å²) in [6.07, 6.45) is 2.61. The summed E-state index contributed by atoms with van der Waals surface area (Å²) in [5.74, 6) is 0. The number of anilines is 1. The van der Waals surface area contributed by atoms with Gasteiger partial charge in [0.25, 0.3) is 0 Å². The largest absolute Gasteiger partial charge is 0.435 e. The molecule has 0 aliphatic carbocycles. The topological polar surface area (TPSA) is 43.3 Å². The minimum atomic E-state index is 0.627. The van der Waals surface area contributed by atoms with Crippen LogP contribution in [0, 0.1) is 0 Å². The molecule has 0 atom stereocenters. The molecule has 0 aliphatic heterocycles. The highest BCUT2D eigenvalue weighted by Gasteiger charge is 2.00. The number of aromatic nitrogens is 1. The SMILES string of the molecule is CO[B]Nc1cc(C=O)n(C)c1. The lowest BCUT2D eigenvalue weighted by molar-refractivity contribution is 0.111. The fraction of sp³-hybridized carbons (Fsp3) is 0.286. The van der Waals surface area contributed by atoms with Gasteiger partial charge in [-0.2, -0.15) is 0 Å². The number of nitrogens with one attached hydrogen (secondary N) is 1. The third-order valence-corrected chi connectivity index (χ3v) is 1.51. The van der Waals surface area contributed by atoms with Gasteiger partial charge >= 0.3 is 7.62 Å². The average molecular weight is 165 g/mol. The van der Waals surface area contributed by atoms with Crippen molar-refractivity contribution in [3.05, 3.63) is 18.0 Å². The number of carbonyl (C=O) groups is 1. The van der Waals surface area contributed by atoms with E-state index in [-0.39, 0.29) is 0 Å². The molecule has 0 spiro atoms. The second kappa shape index (κ2) is 3.97. The zero-order valence-corrected chi connectivity index (χ0v) is 7.07. The number of aldehydes is 1. The fourth-order valence-corrected chi connectivity index (χ4v) is 0.905. The molecule has 1 radical (unpaired) electrons. The summed E-state index contributed by atoms with van der Waals surface area (Å²) in [7, 11) is 4.81. The third-order valence-electron chi connectivity index (χ3n) is 1.51. The van der Waals surface area contributed by atoms with Gasteiger partial charge in [0.15, 0.2) is 6.29 Å². The highest BCUT2D eigenvalue weighted by molar-refractivity contribution is 6.32. The molecule has 0 saturated heterocycles. The number of nitrogens with zero attached hydrogens (tertiary/aromatic N) is 1. The number of rotatable bonds is 4. The first-order valence-corrected chi connectivity index (χ1v) is 3.50. The summed E-state index contributed by atoms with van der Waals surface area (Å²) in [6, 6.07) is 1.74. The van der Waals surface area contributed by atoms with E-state index < -0.39 is 0 Å². The number of carbonyl (C=O) groups excluding carboxylic acids is 1. The molecule has 12 heavy (non-hydrogen) atoms. The molecule has 1 N–H and O–H groups in total. The Morgan fingerprint density at radius 3 is 3.00 bits per heavy atom. The Labute approximate surface area is 71.8 Å².